The zero-order valence-corrected chi connectivity index (χ0v) is 10.3. The molecule has 0 amide bonds. The first-order valence-corrected chi connectivity index (χ1v) is 5.46. The van der Waals surface area contributed by atoms with Gasteiger partial charge in [-0.05, 0) is 34.0 Å². The Morgan fingerprint density at radius 1 is 1.47 bits per heavy atom. The fraction of sp³-hybridized carbons (Fsp3) is 0.545. The highest BCUT2D eigenvalue weighted by Gasteiger charge is 2.14. The molecule has 1 heterocycles. The highest BCUT2D eigenvalue weighted by molar-refractivity contribution is 5.90. The summed E-state index contributed by atoms with van der Waals surface area (Å²) in [6, 6.07) is 0.146. The summed E-state index contributed by atoms with van der Waals surface area (Å²) in [7, 11) is 4.00. The van der Waals surface area contributed by atoms with Gasteiger partial charge in [0.25, 0.3) is 0 Å². The molecule has 2 N–H and O–H groups in total. The molecule has 17 heavy (non-hydrogen) atoms. The topological polar surface area (TPSA) is 78.3 Å². The minimum atomic E-state index is -1.07. The van der Waals surface area contributed by atoms with E-state index in [1.165, 1.54) is 12.4 Å². The van der Waals surface area contributed by atoms with Gasteiger partial charge in [0, 0.05) is 18.4 Å². The second-order valence-electron chi connectivity index (χ2n) is 4.20. The van der Waals surface area contributed by atoms with Crippen molar-refractivity contribution in [1.82, 2.24) is 14.9 Å². The van der Waals surface area contributed by atoms with Crippen LogP contribution in [0.2, 0.25) is 0 Å². The lowest BCUT2D eigenvalue weighted by Gasteiger charge is -2.17. The summed E-state index contributed by atoms with van der Waals surface area (Å²) in [6.45, 7) is 2.92. The molecule has 1 aromatic heterocycles. The van der Waals surface area contributed by atoms with Crippen molar-refractivity contribution < 1.29 is 9.90 Å². The van der Waals surface area contributed by atoms with Crippen molar-refractivity contribution in [2.45, 2.75) is 19.4 Å². The van der Waals surface area contributed by atoms with Crippen molar-refractivity contribution in [1.29, 1.82) is 0 Å². The molecule has 1 atom stereocenters. The largest absolute Gasteiger partial charge is 0.476 e. The lowest BCUT2D eigenvalue weighted by Crippen LogP contribution is -2.24. The molecule has 6 nitrogen and oxygen atoms in total. The van der Waals surface area contributed by atoms with E-state index in [1.807, 2.05) is 21.0 Å². The Morgan fingerprint density at radius 2 is 2.12 bits per heavy atom. The molecule has 1 unspecified atom stereocenters. The van der Waals surface area contributed by atoms with Gasteiger partial charge in [0.1, 0.15) is 0 Å². The lowest BCUT2D eigenvalue weighted by molar-refractivity contribution is 0.0691. The van der Waals surface area contributed by atoms with E-state index >= 15 is 0 Å². The number of aromatic carboxylic acids is 1. The molecule has 1 rings (SSSR count). The highest BCUT2D eigenvalue weighted by atomic mass is 16.4. The molecule has 1 aromatic rings. The minimum absolute atomic E-state index is 0.0378. The van der Waals surface area contributed by atoms with E-state index in [4.69, 9.17) is 5.11 Å². The first kappa shape index (κ1) is 13.4. The Morgan fingerprint density at radius 3 is 2.71 bits per heavy atom. The molecule has 0 aliphatic heterocycles. The average molecular weight is 238 g/mol. The molecule has 0 bridgehead atoms. The van der Waals surface area contributed by atoms with Crippen LogP contribution in [0.15, 0.2) is 12.4 Å². The number of anilines is 1. The Hall–Kier alpha value is -1.69. The van der Waals surface area contributed by atoms with Gasteiger partial charge in [-0.15, -0.1) is 0 Å². The summed E-state index contributed by atoms with van der Waals surface area (Å²) in [5, 5.41) is 12.0. The summed E-state index contributed by atoms with van der Waals surface area (Å²) in [6.07, 6.45) is 3.76. The number of carboxylic acids is 1. The normalized spacial score (nSPS) is 12.5. The zero-order valence-electron chi connectivity index (χ0n) is 10.3. The SMILES string of the molecule is CC(CCN(C)C)Nc1nccnc1C(=O)O. The Bertz CT molecular complexity index is 381. The molecule has 94 valence electrons. The molecule has 0 fully saturated rings. The molecular formula is C11H18N4O2. The van der Waals surface area contributed by atoms with Gasteiger partial charge >= 0.3 is 5.97 Å². The number of carbonyl (C=O) groups is 1. The summed E-state index contributed by atoms with van der Waals surface area (Å²) in [5.74, 6) is -0.744. The third-order valence-corrected chi connectivity index (χ3v) is 2.29. The molecule has 0 radical (unpaired) electrons. The van der Waals surface area contributed by atoms with E-state index in [0.29, 0.717) is 5.82 Å². The predicted octanol–water partition coefficient (Wildman–Crippen LogP) is 0.927. The van der Waals surface area contributed by atoms with Gasteiger partial charge in [0.15, 0.2) is 11.5 Å². The molecule has 0 aliphatic rings. The van der Waals surface area contributed by atoms with Crippen LogP contribution in [0.4, 0.5) is 5.82 Å². The van der Waals surface area contributed by atoms with Crippen LogP contribution in [0.25, 0.3) is 0 Å². The van der Waals surface area contributed by atoms with E-state index in [9.17, 15) is 4.79 Å². The summed E-state index contributed by atoms with van der Waals surface area (Å²) >= 11 is 0. The third-order valence-electron chi connectivity index (χ3n) is 2.29. The third kappa shape index (κ3) is 4.36. The maximum atomic E-state index is 10.9. The van der Waals surface area contributed by atoms with Crippen molar-refractivity contribution in [2.75, 3.05) is 26.0 Å². The molecule has 0 saturated heterocycles. The predicted molar refractivity (Wildman–Crippen MR) is 65.2 cm³/mol. The van der Waals surface area contributed by atoms with E-state index < -0.39 is 5.97 Å². The molecular weight excluding hydrogens is 220 g/mol. The van der Waals surface area contributed by atoms with Gasteiger partial charge in [0.05, 0.1) is 0 Å². The molecule has 0 spiro atoms. The Kier molecular flexibility index (Phi) is 4.84. The second kappa shape index (κ2) is 6.15. The van der Waals surface area contributed by atoms with Gasteiger partial charge in [-0.3, -0.25) is 0 Å². The quantitative estimate of drug-likeness (QED) is 0.767. The van der Waals surface area contributed by atoms with Crippen molar-refractivity contribution in [2.24, 2.45) is 0 Å². The number of aromatic nitrogens is 2. The number of nitrogens with zero attached hydrogens (tertiary/aromatic N) is 3. The fourth-order valence-electron chi connectivity index (χ4n) is 1.36. The van der Waals surface area contributed by atoms with E-state index in [2.05, 4.69) is 20.2 Å². The molecule has 0 aromatic carbocycles. The zero-order chi connectivity index (χ0) is 12.8. The maximum Gasteiger partial charge on any atom is 0.358 e. The first-order valence-electron chi connectivity index (χ1n) is 5.46. The van der Waals surface area contributed by atoms with E-state index in [1.54, 1.807) is 0 Å². The van der Waals surface area contributed by atoms with Crippen LogP contribution in [0, 0.1) is 0 Å². The number of nitrogens with one attached hydrogen (secondary N) is 1. The van der Waals surface area contributed by atoms with Crippen LogP contribution >= 0.6 is 0 Å². The summed E-state index contributed by atoms with van der Waals surface area (Å²) in [5.41, 5.74) is -0.0378. The maximum absolute atomic E-state index is 10.9. The van der Waals surface area contributed by atoms with Crippen LogP contribution < -0.4 is 5.32 Å². The molecule has 0 saturated carbocycles. The van der Waals surface area contributed by atoms with Crippen LogP contribution in [0.5, 0.6) is 0 Å². The number of hydrogen-bond donors (Lipinski definition) is 2. The Balaban J connectivity index is 2.64. The highest BCUT2D eigenvalue weighted by Crippen LogP contribution is 2.10. The summed E-state index contributed by atoms with van der Waals surface area (Å²) < 4.78 is 0. The monoisotopic (exact) mass is 238 g/mol. The second-order valence-corrected chi connectivity index (χ2v) is 4.20. The van der Waals surface area contributed by atoms with E-state index in [-0.39, 0.29) is 11.7 Å². The Labute approximate surface area is 101 Å². The number of hydrogen-bond acceptors (Lipinski definition) is 5. The van der Waals surface area contributed by atoms with Crippen molar-refractivity contribution in [3.05, 3.63) is 18.1 Å². The van der Waals surface area contributed by atoms with Gasteiger partial charge < -0.3 is 15.3 Å². The standard InChI is InChI=1S/C11H18N4O2/c1-8(4-7-15(2)3)14-10-9(11(16)17)12-5-6-13-10/h5-6,8H,4,7H2,1-3H3,(H,13,14)(H,16,17). The minimum Gasteiger partial charge on any atom is -0.476 e. The number of rotatable bonds is 6. The van der Waals surface area contributed by atoms with Crippen LogP contribution in [0.1, 0.15) is 23.8 Å². The lowest BCUT2D eigenvalue weighted by atomic mass is 10.2. The van der Waals surface area contributed by atoms with Crippen LogP contribution in [-0.2, 0) is 0 Å². The van der Waals surface area contributed by atoms with Crippen LogP contribution in [-0.4, -0.2) is 52.6 Å². The van der Waals surface area contributed by atoms with Crippen molar-refractivity contribution in [3.63, 3.8) is 0 Å². The van der Waals surface area contributed by atoms with Gasteiger partial charge in [-0.1, -0.05) is 0 Å². The van der Waals surface area contributed by atoms with Crippen molar-refractivity contribution >= 4 is 11.8 Å². The number of carboxylic acid groups (broad SMARTS) is 1. The van der Waals surface area contributed by atoms with Gasteiger partial charge in [-0.2, -0.15) is 0 Å². The molecule has 6 heteroatoms. The van der Waals surface area contributed by atoms with E-state index in [0.717, 1.165) is 13.0 Å². The first-order chi connectivity index (χ1) is 8.00. The molecule has 0 aliphatic carbocycles. The van der Waals surface area contributed by atoms with Gasteiger partial charge in [-0.25, -0.2) is 14.8 Å². The fourth-order valence-corrected chi connectivity index (χ4v) is 1.36. The van der Waals surface area contributed by atoms with Gasteiger partial charge in [0.2, 0.25) is 0 Å². The summed E-state index contributed by atoms with van der Waals surface area (Å²) in [4.78, 5) is 20.8. The smallest absolute Gasteiger partial charge is 0.358 e. The average Bonchev–Trinajstić information content (AvgIpc) is 2.27. The van der Waals surface area contributed by atoms with Crippen LogP contribution in [0.3, 0.4) is 0 Å². The van der Waals surface area contributed by atoms with Crippen molar-refractivity contribution in [3.8, 4) is 0 Å².